The second kappa shape index (κ2) is 12.2. The van der Waals surface area contributed by atoms with Crippen molar-refractivity contribution in [3.63, 3.8) is 0 Å². The van der Waals surface area contributed by atoms with Crippen LogP contribution in [-0.2, 0) is 6.42 Å². The Morgan fingerprint density at radius 2 is 1.83 bits per heavy atom. The van der Waals surface area contributed by atoms with E-state index >= 15 is 0 Å². The number of benzene rings is 2. The molecule has 1 heterocycles. The summed E-state index contributed by atoms with van der Waals surface area (Å²) in [6, 6.07) is 15.1. The van der Waals surface area contributed by atoms with Crippen LogP contribution in [0.25, 0.3) is 0 Å². The zero-order valence-electron chi connectivity index (χ0n) is 17.6. The van der Waals surface area contributed by atoms with Crippen LogP contribution in [0.1, 0.15) is 36.9 Å². The largest absolute Gasteiger partial charge is 0.356 e. The lowest BCUT2D eigenvalue weighted by Gasteiger charge is -2.37. The van der Waals surface area contributed by atoms with Gasteiger partial charge in [0.05, 0.1) is 0 Å². The summed E-state index contributed by atoms with van der Waals surface area (Å²) in [6.07, 6.45) is 2.56. The SMILES string of the molecule is CN=C(NCCc1ccc(F)cc1F)NC1CCN(C(C)c2ccccc2)CC1.I. The lowest BCUT2D eigenvalue weighted by molar-refractivity contribution is 0.158. The van der Waals surface area contributed by atoms with Crippen molar-refractivity contribution >= 4 is 29.9 Å². The molecule has 0 spiro atoms. The third-order valence-electron chi connectivity index (χ3n) is 5.63. The van der Waals surface area contributed by atoms with Crippen LogP contribution >= 0.6 is 24.0 Å². The Hall–Kier alpha value is -1.74. The van der Waals surface area contributed by atoms with Gasteiger partial charge in [0.25, 0.3) is 0 Å². The van der Waals surface area contributed by atoms with E-state index in [4.69, 9.17) is 0 Å². The van der Waals surface area contributed by atoms with Crippen molar-refractivity contribution in [3.05, 3.63) is 71.3 Å². The monoisotopic (exact) mass is 528 g/mol. The quantitative estimate of drug-likeness (QED) is 0.329. The molecule has 1 saturated heterocycles. The van der Waals surface area contributed by atoms with Gasteiger partial charge >= 0.3 is 0 Å². The van der Waals surface area contributed by atoms with E-state index in [0.717, 1.165) is 38.0 Å². The molecule has 0 saturated carbocycles. The number of hydrogen-bond acceptors (Lipinski definition) is 2. The molecular weight excluding hydrogens is 497 g/mol. The van der Waals surface area contributed by atoms with Crippen molar-refractivity contribution in [3.8, 4) is 0 Å². The van der Waals surface area contributed by atoms with Crippen LogP contribution in [0.15, 0.2) is 53.5 Å². The molecule has 164 valence electrons. The molecule has 0 bridgehead atoms. The maximum atomic E-state index is 13.7. The minimum absolute atomic E-state index is 0. The number of guanidine groups is 1. The van der Waals surface area contributed by atoms with Crippen molar-refractivity contribution in [1.29, 1.82) is 0 Å². The lowest BCUT2D eigenvalue weighted by atomic mass is 10.0. The molecule has 2 aromatic rings. The minimum Gasteiger partial charge on any atom is -0.356 e. The molecule has 0 aromatic heterocycles. The first-order chi connectivity index (χ1) is 14.1. The Balaban J connectivity index is 0.00000320. The number of hydrogen-bond donors (Lipinski definition) is 2. The highest BCUT2D eigenvalue weighted by atomic mass is 127. The van der Waals surface area contributed by atoms with Gasteiger partial charge in [-0.15, -0.1) is 24.0 Å². The maximum absolute atomic E-state index is 13.7. The van der Waals surface area contributed by atoms with Gasteiger partial charge in [0.1, 0.15) is 11.6 Å². The van der Waals surface area contributed by atoms with E-state index in [1.807, 2.05) is 0 Å². The van der Waals surface area contributed by atoms with E-state index in [-0.39, 0.29) is 24.0 Å². The molecule has 0 radical (unpaired) electrons. The van der Waals surface area contributed by atoms with E-state index in [1.165, 1.54) is 17.7 Å². The molecule has 0 aliphatic carbocycles. The highest BCUT2D eigenvalue weighted by Gasteiger charge is 2.24. The van der Waals surface area contributed by atoms with Crippen LogP contribution in [0.3, 0.4) is 0 Å². The molecule has 0 amide bonds. The first-order valence-electron chi connectivity index (χ1n) is 10.3. The van der Waals surface area contributed by atoms with Gasteiger partial charge in [-0.1, -0.05) is 36.4 Å². The van der Waals surface area contributed by atoms with Gasteiger partial charge < -0.3 is 10.6 Å². The summed E-state index contributed by atoms with van der Waals surface area (Å²) in [6.45, 7) is 4.86. The Labute approximate surface area is 195 Å². The number of rotatable bonds is 6. The van der Waals surface area contributed by atoms with Crippen molar-refractivity contribution in [2.24, 2.45) is 4.99 Å². The predicted octanol–water partition coefficient (Wildman–Crippen LogP) is 4.52. The fraction of sp³-hybridized carbons (Fsp3) is 0.435. The molecule has 4 nitrogen and oxygen atoms in total. The number of halogens is 3. The second-order valence-electron chi connectivity index (χ2n) is 7.53. The van der Waals surface area contributed by atoms with Gasteiger partial charge in [0.2, 0.25) is 0 Å². The summed E-state index contributed by atoms with van der Waals surface area (Å²) in [5.74, 6) is -0.332. The van der Waals surface area contributed by atoms with Crippen LogP contribution < -0.4 is 10.6 Å². The molecular formula is C23H31F2IN4. The Kier molecular flexibility index (Phi) is 9.97. The van der Waals surface area contributed by atoms with Crippen LogP contribution in [-0.4, -0.2) is 43.6 Å². The van der Waals surface area contributed by atoms with Gasteiger partial charge in [-0.05, 0) is 43.4 Å². The maximum Gasteiger partial charge on any atom is 0.191 e. The van der Waals surface area contributed by atoms with E-state index in [1.54, 1.807) is 7.05 Å². The van der Waals surface area contributed by atoms with Crippen molar-refractivity contribution in [2.45, 2.75) is 38.3 Å². The van der Waals surface area contributed by atoms with Gasteiger partial charge in [0, 0.05) is 44.8 Å². The first kappa shape index (κ1) is 24.5. The fourth-order valence-electron chi connectivity index (χ4n) is 3.80. The summed E-state index contributed by atoms with van der Waals surface area (Å²) >= 11 is 0. The summed E-state index contributed by atoms with van der Waals surface area (Å²) < 4.78 is 26.7. The van der Waals surface area contributed by atoms with Crippen LogP contribution in [0.5, 0.6) is 0 Å². The fourth-order valence-corrected chi connectivity index (χ4v) is 3.80. The van der Waals surface area contributed by atoms with Gasteiger partial charge in [-0.3, -0.25) is 9.89 Å². The normalized spacial score (nSPS) is 16.6. The van der Waals surface area contributed by atoms with Gasteiger partial charge in [0.15, 0.2) is 5.96 Å². The van der Waals surface area contributed by atoms with Crippen LogP contribution in [0, 0.1) is 11.6 Å². The minimum atomic E-state index is -0.551. The van der Waals surface area contributed by atoms with E-state index in [0.29, 0.717) is 30.6 Å². The topological polar surface area (TPSA) is 39.7 Å². The number of aliphatic imine (C=N–C) groups is 1. The summed E-state index contributed by atoms with van der Waals surface area (Å²) in [7, 11) is 1.74. The molecule has 1 unspecified atom stereocenters. The summed E-state index contributed by atoms with van der Waals surface area (Å²) in [5, 5.41) is 6.71. The van der Waals surface area contributed by atoms with E-state index in [9.17, 15) is 8.78 Å². The Bertz CT molecular complexity index is 808. The summed E-state index contributed by atoms with van der Waals surface area (Å²) in [5.41, 5.74) is 1.85. The molecule has 1 aliphatic rings. The van der Waals surface area contributed by atoms with Gasteiger partial charge in [-0.2, -0.15) is 0 Å². The highest BCUT2D eigenvalue weighted by molar-refractivity contribution is 14.0. The zero-order valence-corrected chi connectivity index (χ0v) is 19.9. The number of nitrogens with one attached hydrogen (secondary N) is 2. The molecule has 2 N–H and O–H groups in total. The second-order valence-corrected chi connectivity index (χ2v) is 7.53. The summed E-state index contributed by atoms with van der Waals surface area (Å²) in [4.78, 5) is 6.79. The number of likely N-dealkylation sites (tertiary alicyclic amines) is 1. The smallest absolute Gasteiger partial charge is 0.191 e. The Morgan fingerprint density at radius 1 is 1.13 bits per heavy atom. The number of nitrogens with zero attached hydrogens (tertiary/aromatic N) is 2. The molecule has 1 fully saturated rings. The van der Waals surface area contributed by atoms with Gasteiger partial charge in [-0.25, -0.2) is 8.78 Å². The molecule has 30 heavy (non-hydrogen) atoms. The average Bonchev–Trinajstić information content (AvgIpc) is 2.75. The van der Waals surface area contributed by atoms with Crippen LogP contribution in [0.4, 0.5) is 8.78 Å². The van der Waals surface area contributed by atoms with E-state index in [2.05, 4.69) is 57.8 Å². The third kappa shape index (κ3) is 6.91. The van der Waals surface area contributed by atoms with Crippen molar-refractivity contribution < 1.29 is 8.78 Å². The zero-order chi connectivity index (χ0) is 20.6. The molecule has 7 heteroatoms. The first-order valence-corrected chi connectivity index (χ1v) is 10.3. The van der Waals surface area contributed by atoms with Crippen molar-refractivity contribution in [2.75, 3.05) is 26.7 Å². The Morgan fingerprint density at radius 3 is 2.47 bits per heavy atom. The average molecular weight is 528 g/mol. The molecule has 3 rings (SSSR count). The van der Waals surface area contributed by atoms with E-state index < -0.39 is 11.6 Å². The lowest BCUT2D eigenvalue weighted by Crippen LogP contribution is -2.49. The third-order valence-corrected chi connectivity index (χ3v) is 5.63. The highest BCUT2D eigenvalue weighted by Crippen LogP contribution is 2.23. The van der Waals surface area contributed by atoms with Crippen molar-refractivity contribution in [1.82, 2.24) is 15.5 Å². The number of piperidine rings is 1. The standard InChI is InChI=1S/C23H30F2N4.HI/c1-17(18-6-4-3-5-7-18)29-14-11-21(12-15-29)28-23(26-2)27-13-10-19-8-9-20(24)16-22(19)25;/h3-9,16-17,21H,10-15H2,1-2H3,(H2,26,27,28);1H. The van der Waals surface area contributed by atoms with Crippen LogP contribution in [0.2, 0.25) is 0 Å². The molecule has 1 atom stereocenters. The molecule has 2 aromatic carbocycles. The molecule has 1 aliphatic heterocycles. The predicted molar refractivity (Wildman–Crippen MR) is 129 cm³/mol.